The molecule has 3 nitrogen and oxygen atoms in total. The van der Waals surface area contributed by atoms with E-state index < -0.39 is 0 Å². The van der Waals surface area contributed by atoms with Gasteiger partial charge >= 0.3 is 0 Å². The summed E-state index contributed by atoms with van der Waals surface area (Å²) in [4.78, 5) is 5.58. The zero-order valence-corrected chi connectivity index (χ0v) is 11.5. The van der Waals surface area contributed by atoms with Gasteiger partial charge in [-0.15, -0.1) is 0 Å². The van der Waals surface area contributed by atoms with Crippen LogP contribution in [0.1, 0.15) is 32.8 Å². The molecule has 18 heavy (non-hydrogen) atoms. The van der Waals surface area contributed by atoms with E-state index in [1.807, 2.05) is 25.1 Å². The maximum absolute atomic E-state index is 5.69. The first-order valence-electron chi connectivity index (χ1n) is 6.67. The molecule has 2 atom stereocenters. The van der Waals surface area contributed by atoms with Crippen molar-refractivity contribution >= 4 is 0 Å². The Hall–Kier alpha value is -0.900. The van der Waals surface area contributed by atoms with Gasteiger partial charge in [-0.2, -0.15) is 5.48 Å². The molecule has 0 heterocycles. The van der Waals surface area contributed by atoms with Crippen LogP contribution in [-0.2, 0) is 16.2 Å². The summed E-state index contributed by atoms with van der Waals surface area (Å²) >= 11 is 0. The van der Waals surface area contributed by atoms with Gasteiger partial charge in [-0.1, -0.05) is 44.2 Å². The molecule has 0 saturated heterocycles. The molecular formula is C15H23NO2. The molecule has 1 fully saturated rings. The SMILES string of the molecule is CCOC1CC(NOCc2ccccc2)C1(C)C. The minimum absolute atomic E-state index is 0.146. The normalized spacial score (nSPS) is 25.7. The number of benzene rings is 1. The van der Waals surface area contributed by atoms with Crippen molar-refractivity contribution in [1.29, 1.82) is 0 Å². The summed E-state index contributed by atoms with van der Waals surface area (Å²) < 4.78 is 5.69. The van der Waals surface area contributed by atoms with Gasteiger partial charge in [0.15, 0.2) is 0 Å². The van der Waals surface area contributed by atoms with E-state index >= 15 is 0 Å². The van der Waals surface area contributed by atoms with E-state index in [0.29, 0.717) is 18.8 Å². The molecule has 0 bridgehead atoms. The van der Waals surface area contributed by atoms with Gasteiger partial charge in [0.2, 0.25) is 0 Å². The van der Waals surface area contributed by atoms with Crippen LogP contribution in [0, 0.1) is 5.41 Å². The first kappa shape index (κ1) is 13.5. The van der Waals surface area contributed by atoms with E-state index in [2.05, 4.69) is 31.5 Å². The van der Waals surface area contributed by atoms with Gasteiger partial charge in [-0.25, -0.2) is 0 Å². The van der Waals surface area contributed by atoms with Gasteiger partial charge < -0.3 is 4.74 Å². The summed E-state index contributed by atoms with van der Waals surface area (Å²) in [6.07, 6.45) is 1.37. The van der Waals surface area contributed by atoms with Crippen molar-refractivity contribution < 1.29 is 9.57 Å². The molecule has 2 unspecified atom stereocenters. The summed E-state index contributed by atoms with van der Waals surface area (Å²) in [5, 5.41) is 0. The minimum Gasteiger partial charge on any atom is -0.378 e. The minimum atomic E-state index is 0.146. The second-order valence-corrected chi connectivity index (χ2v) is 5.45. The predicted molar refractivity (Wildman–Crippen MR) is 72.0 cm³/mol. The summed E-state index contributed by atoms with van der Waals surface area (Å²) in [5.74, 6) is 0. The molecule has 100 valence electrons. The molecule has 1 saturated carbocycles. The molecule has 1 aromatic rings. The molecule has 0 aromatic heterocycles. The molecule has 0 amide bonds. The van der Waals surface area contributed by atoms with Gasteiger partial charge in [0.1, 0.15) is 0 Å². The number of rotatable bonds is 6. The summed E-state index contributed by atoms with van der Waals surface area (Å²) in [6, 6.07) is 10.6. The summed E-state index contributed by atoms with van der Waals surface area (Å²) in [7, 11) is 0. The highest BCUT2D eigenvalue weighted by atomic mass is 16.6. The number of hydrogen-bond donors (Lipinski definition) is 1. The van der Waals surface area contributed by atoms with E-state index in [0.717, 1.165) is 13.0 Å². The first-order valence-corrected chi connectivity index (χ1v) is 6.67. The fourth-order valence-corrected chi connectivity index (χ4v) is 2.37. The summed E-state index contributed by atoms with van der Waals surface area (Å²) in [6.45, 7) is 7.88. The lowest BCUT2D eigenvalue weighted by Gasteiger charge is -2.51. The first-order chi connectivity index (χ1) is 8.64. The van der Waals surface area contributed by atoms with Crippen LogP contribution in [0.15, 0.2) is 30.3 Å². The Morgan fingerprint density at radius 2 is 2.00 bits per heavy atom. The van der Waals surface area contributed by atoms with Crippen molar-refractivity contribution in [2.75, 3.05) is 6.61 Å². The lowest BCUT2D eigenvalue weighted by molar-refractivity contribution is -0.157. The fraction of sp³-hybridized carbons (Fsp3) is 0.600. The Labute approximate surface area is 109 Å². The quantitative estimate of drug-likeness (QED) is 0.786. The van der Waals surface area contributed by atoms with Crippen LogP contribution < -0.4 is 5.48 Å². The molecule has 1 aromatic carbocycles. The Balaban J connectivity index is 1.73. The molecule has 3 heteroatoms. The molecular weight excluding hydrogens is 226 g/mol. The van der Waals surface area contributed by atoms with E-state index in [1.165, 1.54) is 5.56 Å². The third kappa shape index (κ3) is 2.91. The molecule has 1 aliphatic rings. The van der Waals surface area contributed by atoms with E-state index in [1.54, 1.807) is 0 Å². The van der Waals surface area contributed by atoms with Gasteiger partial charge in [-0.3, -0.25) is 4.84 Å². The van der Waals surface area contributed by atoms with Gasteiger partial charge in [0, 0.05) is 18.1 Å². The van der Waals surface area contributed by atoms with Crippen LogP contribution in [0.2, 0.25) is 0 Å². The van der Waals surface area contributed by atoms with Crippen molar-refractivity contribution in [1.82, 2.24) is 5.48 Å². The Kier molecular flexibility index (Phi) is 4.38. The number of hydrogen-bond acceptors (Lipinski definition) is 3. The second kappa shape index (κ2) is 5.83. The summed E-state index contributed by atoms with van der Waals surface area (Å²) in [5.41, 5.74) is 4.50. The van der Waals surface area contributed by atoms with Crippen molar-refractivity contribution in [2.24, 2.45) is 5.41 Å². The Morgan fingerprint density at radius 1 is 1.28 bits per heavy atom. The average Bonchev–Trinajstić information content (AvgIpc) is 2.38. The second-order valence-electron chi connectivity index (χ2n) is 5.45. The molecule has 0 radical (unpaired) electrons. The van der Waals surface area contributed by atoms with Crippen LogP contribution in [0.5, 0.6) is 0 Å². The fourth-order valence-electron chi connectivity index (χ4n) is 2.37. The third-order valence-electron chi connectivity index (χ3n) is 3.85. The van der Waals surface area contributed by atoms with Crippen molar-refractivity contribution in [3.8, 4) is 0 Å². The van der Waals surface area contributed by atoms with E-state index in [-0.39, 0.29) is 5.41 Å². The predicted octanol–water partition coefficient (Wildman–Crippen LogP) is 2.91. The standard InChI is InChI=1S/C15H23NO2/c1-4-17-14-10-13(15(14,2)3)16-18-11-12-8-6-5-7-9-12/h5-9,13-14,16H,4,10-11H2,1-3H3. The average molecular weight is 249 g/mol. The highest BCUT2D eigenvalue weighted by molar-refractivity contribution is 5.13. The molecule has 0 aliphatic heterocycles. The highest BCUT2D eigenvalue weighted by Gasteiger charge is 2.49. The molecule has 1 N–H and O–H groups in total. The number of hydroxylamine groups is 1. The lowest BCUT2D eigenvalue weighted by Crippen LogP contribution is -2.60. The van der Waals surface area contributed by atoms with Crippen LogP contribution in [0.25, 0.3) is 0 Å². The Bertz CT molecular complexity index is 364. The van der Waals surface area contributed by atoms with E-state index in [9.17, 15) is 0 Å². The highest BCUT2D eigenvalue weighted by Crippen LogP contribution is 2.42. The monoisotopic (exact) mass is 249 g/mol. The molecule has 1 aliphatic carbocycles. The zero-order chi connectivity index (χ0) is 13.0. The van der Waals surface area contributed by atoms with Crippen molar-refractivity contribution in [3.05, 3.63) is 35.9 Å². The van der Waals surface area contributed by atoms with Gasteiger partial charge in [0.25, 0.3) is 0 Å². The number of ether oxygens (including phenoxy) is 1. The maximum Gasteiger partial charge on any atom is 0.0933 e. The van der Waals surface area contributed by atoms with Crippen LogP contribution in [0.4, 0.5) is 0 Å². The zero-order valence-electron chi connectivity index (χ0n) is 11.5. The van der Waals surface area contributed by atoms with Crippen LogP contribution in [-0.4, -0.2) is 18.8 Å². The van der Waals surface area contributed by atoms with Gasteiger partial charge in [0.05, 0.1) is 12.7 Å². The largest absolute Gasteiger partial charge is 0.378 e. The van der Waals surface area contributed by atoms with Crippen LogP contribution >= 0.6 is 0 Å². The van der Waals surface area contributed by atoms with Crippen LogP contribution in [0.3, 0.4) is 0 Å². The van der Waals surface area contributed by atoms with Crippen molar-refractivity contribution in [2.45, 2.75) is 45.9 Å². The smallest absolute Gasteiger partial charge is 0.0933 e. The van der Waals surface area contributed by atoms with Crippen molar-refractivity contribution in [3.63, 3.8) is 0 Å². The Morgan fingerprint density at radius 3 is 2.61 bits per heavy atom. The number of nitrogens with one attached hydrogen (secondary N) is 1. The third-order valence-corrected chi connectivity index (χ3v) is 3.85. The molecule has 2 rings (SSSR count). The maximum atomic E-state index is 5.69. The lowest BCUT2D eigenvalue weighted by atomic mass is 9.65. The van der Waals surface area contributed by atoms with E-state index in [4.69, 9.17) is 9.57 Å². The topological polar surface area (TPSA) is 30.5 Å². The molecule has 0 spiro atoms. The van der Waals surface area contributed by atoms with Gasteiger partial charge in [-0.05, 0) is 18.9 Å².